The van der Waals surface area contributed by atoms with Gasteiger partial charge in [-0.15, -0.1) is 0 Å². The summed E-state index contributed by atoms with van der Waals surface area (Å²) in [6.07, 6.45) is 1.64. The average Bonchev–Trinajstić information content (AvgIpc) is 2.76. The van der Waals surface area contributed by atoms with Crippen LogP contribution in [0.4, 0.5) is 5.69 Å². The third kappa shape index (κ3) is 5.73. The highest BCUT2D eigenvalue weighted by Crippen LogP contribution is 2.31. The van der Waals surface area contributed by atoms with Crippen molar-refractivity contribution in [2.45, 2.75) is 0 Å². The molecule has 1 aromatic heterocycles. The number of nitrogens with one attached hydrogen (secondary N) is 2. The van der Waals surface area contributed by atoms with E-state index in [9.17, 15) is 0 Å². The highest BCUT2D eigenvalue weighted by Gasteiger charge is 2.12. The van der Waals surface area contributed by atoms with Crippen molar-refractivity contribution in [1.82, 2.24) is 15.3 Å². The molecule has 152 valence electrons. The maximum Gasteiger partial charge on any atom is 0.325 e. The van der Waals surface area contributed by atoms with Crippen molar-refractivity contribution >= 4 is 5.69 Å². The summed E-state index contributed by atoms with van der Waals surface area (Å²) in [7, 11) is 5.12. The van der Waals surface area contributed by atoms with Crippen LogP contribution < -0.4 is 29.6 Å². The second kappa shape index (κ2) is 10.1. The van der Waals surface area contributed by atoms with Gasteiger partial charge in [0.15, 0.2) is 0 Å². The van der Waals surface area contributed by atoms with Crippen LogP contribution in [0.15, 0.2) is 54.7 Å². The number of hydrogen-bond acceptors (Lipinski definition) is 8. The quantitative estimate of drug-likeness (QED) is 0.502. The lowest BCUT2D eigenvalue weighted by Gasteiger charge is -2.13. The van der Waals surface area contributed by atoms with Gasteiger partial charge in [-0.3, -0.25) is 0 Å². The topological polar surface area (TPSA) is 86.8 Å². The van der Waals surface area contributed by atoms with Gasteiger partial charge in [-0.05, 0) is 55.6 Å². The number of likely N-dealkylation sites (N-methyl/N-ethyl adjacent to an activating group) is 1. The van der Waals surface area contributed by atoms with Crippen molar-refractivity contribution in [3.63, 3.8) is 0 Å². The molecule has 0 unspecified atom stereocenters. The molecule has 0 bridgehead atoms. The molecule has 0 spiro atoms. The number of benzene rings is 2. The third-order valence-corrected chi connectivity index (χ3v) is 3.96. The number of ether oxygens (including phenoxy) is 4. The SMILES string of the molecule is CNCCNc1cnc(Oc2ccc(OC)cc2)nc1Oc1ccc(OC)cc1. The Kier molecular flexibility index (Phi) is 7.07. The van der Waals surface area contributed by atoms with Crippen LogP contribution >= 0.6 is 0 Å². The van der Waals surface area contributed by atoms with E-state index in [2.05, 4.69) is 20.6 Å². The van der Waals surface area contributed by atoms with E-state index in [1.807, 2.05) is 31.3 Å². The van der Waals surface area contributed by atoms with Crippen molar-refractivity contribution in [3.05, 3.63) is 54.7 Å². The molecule has 0 amide bonds. The summed E-state index contributed by atoms with van der Waals surface area (Å²) in [5.41, 5.74) is 0.665. The van der Waals surface area contributed by atoms with E-state index in [1.54, 1.807) is 44.7 Å². The predicted octanol–water partition coefficient (Wildman–Crippen LogP) is 3.71. The molecule has 2 N–H and O–H groups in total. The van der Waals surface area contributed by atoms with Crippen LogP contribution in [0.5, 0.6) is 34.9 Å². The molecule has 8 nitrogen and oxygen atoms in total. The van der Waals surface area contributed by atoms with E-state index in [1.165, 1.54) is 0 Å². The first-order valence-corrected chi connectivity index (χ1v) is 9.11. The molecule has 8 heteroatoms. The summed E-state index contributed by atoms with van der Waals surface area (Å²) in [5, 5.41) is 6.33. The first kappa shape index (κ1) is 20.2. The largest absolute Gasteiger partial charge is 0.497 e. The Morgan fingerprint density at radius 1 is 0.759 bits per heavy atom. The Bertz CT molecular complexity index is 902. The minimum atomic E-state index is 0.179. The predicted molar refractivity (Wildman–Crippen MR) is 111 cm³/mol. The summed E-state index contributed by atoms with van der Waals surface area (Å²) >= 11 is 0. The van der Waals surface area contributed by atoms with Gasteiger partial charge in [0, 0.05) is 13.1 Å². The second-order valence-electron chi connectivity index (χ2n) is 5.96. The van der Waals surface area contributed by atoms with Crippen LogP contribution in [0, 0.1) is 0 Å². The van der Waals surface area contributed by atoms with E-state index in [0.717, 1.165) is 18.0 Å². The lowest BCUT2D eigenvalue weighted by molar-refractivity contribution is 0.402. The minimum Gasteiger partial charge on any atom is -0.497 e. The van der Waals surface area contributed by atoms with Gasteiger partial charge >= 0.3 is 6.01 Å². The maximum absolute atomic E-state index is 5.96. The highest BCUT2D eigenvalue weighted by molar-refractivity contribution is 5.53. The van der Waals surface area contributed by atoms with Crippen molar-refractivity contribution < 1.29 is 18.9 Å². The molecule has 0 aliphatic rings. The van der Waals surface area contributed by atoms with Crippen LogP contribution in [0.2, 0.25) is 0 Å². The maximum atomic E-state index is 5.96. The highest BCUT2D eigenvalue weighted by atomic mass is 16.5. The summed E-state index contributed by atoms with van der Waals surface area (Å²) in [6, 6.07) is 14.6. The molecule has 2 aromatic carbocycles. The summed E-state index contributed by atoms with van der Waals surface area (Å²) in [4.78, 5) is 8.70. The van der Waals surface area contributed by atoms with Gasteiger partial charge in [0.05, 0.1) is 20.4 Å². The van der Waals surface area contributed by atoms with E-state index in [-0.39, 0.29) is 6.01 Å². The smallest absolute Gasteiger partial charge is 0.325 e. The fourth-order valence-corrected chi connectivity index (χ4v) is 2.43. The number of methoxy groups -OCH3 is 2. The molecule has 0 aliphatic carbocycles. The monoisotopic (exact) mass is 396 g/mol. The Hall–Kier alpha value is -3.52. The number of hydrogen-bond donors (Lipinski definition) is 2. The van der Waals surface area contributed by atoms with Crippen molar-refractivity contribution in [1.29, 1.82) is 0 Å². The van der Waals surface area contributed by atoms with Crippen LogP contribution in [0.25, 0.3) is 0 Å². The van der Waals surface area contributed by atoms with Crippen molar-refractivity contribution in [2.24, 2.45) is 0 Å². The normalized spacial score (nSPS) is 10.3. The standard InChI is InChI=1S/C21H24N4O4/c1-22-12-13-23-19-14-24-21(29-18-10-6-16(27-3)7-11-18)25-20(19)28-17-8-4-15(26-2)5-9-17/h4-11,14,22-23H,12-13H2,1-3H3. The molecule has 3 rings (SSSR count). The van der Waals surface area contributed by atoms with Crippen LogP contribution in [-0.2, 0) is 0 Å². The first-order valence-electron chi connectivity index (χ1n) is 9.11. The zero-order valence-electron chi connectivity index (χ0n) is 16.6. The Balaban J connectivity index is 1.81. The Morgan fingerprint density at radius 3 is 1.86 bits per heavy atom. The third-order valence-electron chi connectivity index (χ3n) is 3.96. The molecule has 3 aromatic rings. The van der Waals surface area contributed by atoms with Crippen LogP contribution in [-0.4, -0.2) is 44.3 Å². The lowest BCUT2D eigenvalue weighted by Crippen LogP contribution is -2.18. The summed E-state index contributed by atoms with van der Waals surface area (Å²) < 4.78 is 22.1. The van der Waals surface area contributed by atoms with Gasteiger partial charge < -0.3 is 29.6 Å². The van der Waals surface area contributed by atoms with E-state index in [4.69, 9.17) is 18.9 Å². The molecule has 0 saturated carbocycles. The number of nitrogens with zero attached hydrogens (tertiary/aromatic N) is 2. The molecule has 0 saturated heterocycles. The van der Waals surface area contributed by atoms with Crippen molar-refractivity contribution in [2.75, 3.05) is 39.7 Å². The minimum absolute atomic E-state index is 0.179. The molecule has 0 aliphatic heterocycles. The number of rotatable bonds is 10. The number of anilines is 1. The molecule has 29 heavy (non-hydrogen) atoms. The zero-order valence-corrected chi connectivity index (χ0v) is 16.6. The lowest BCUT2D eigenvalue weighted by atomic mass is 10.3. The zero-order chi connectivity index (χ0) is 20.5. The molecule has 0 fully saturated rings. The van der Waals surface area contributed by atoms with Crippen LogP contribution in [0.3, 0.4) is 0 Å². The molecule has 0 radical (unpaired) electrons. The average molecular weight is 396 g/mol. The molecular weight excluding hydrogens is 372 g/mol. The Morgan fingerprint density at radius 2 is 1.31 bits per heavy atom. The fraction of sp³-hybridized carbons (Fsp3) is 0.238. The van der Waals surface area contributed by atoms with Gasteiger partial charge in [0.2, 0.25) is 5.88 Å². The van der Waals surface area contributed by atoms with Crippen molar-refractivity contribution in [3.8, 4) is 34.9 Å². The van der Waals surface area contributed by atoms with E-state index >= 15 is 0 Å². The van der Waals surface area contributed by atoms with Gasteiger partial charge in [0.1, 0.15) is 28.7 Å². The second-order valence-corrected chi connectivity index (χ2v) is 5.96. The van der Waals surface area contributed by atoms with Gasteiger partial charge in [-0.2, -0.15) is 4.98 Å². The first-order chi connectivity index (χ1) is 14.2. The van der Waals surface area contributed by atoms with Gasteiger partial charge in [-0.1, -0.05) is 0 Å². The molecular formula is C21H24N4O4. The molecule has 1 heterocycles. The van der Waals surface area contributed by atoms with Gasteiger partial charge in [0.25, 0.3) is 0 Å². The summed E-state index contributed by atoms with van der Waals surface area (Å²) in [6.45, 7) is 1.48. The fourth-order valence-electron chi connectivity index (χ4n) is 2.43. The van der Waals surface area contributed by atoms with Gasteiger partial charge in [-0.25, -0.2) is 4.98 Å². The van der Waals surface area contributed by atoms with E-state index < -0.39 is 0 Å². The summed E-state index contributed by atoms with van der Waals surface area (Å²) in [5.74, 6) is 3.07. The molecule has 0 atom stereocenters. The van der Waals surface area contributed by atoms with Crippen LogP contribution in [0.1, 0.15) is 0 Å². The number of aromatic nitrogens is 2. The Labute approximate surface area is 169 Å². The van der Waals surface area contributed by atoms with E-state index in [0.29, 0.717) is 29.6 Å².